The smallest absolute Gasteiger partial charge is 0.324 e. The van der Waals surface area contributed by atoms with Crippen molar-refractivity contribution in [3.63, 3.8) is 0 Å². The van der Waals surface area contributed by atoms with Crippen molar-refractivity contribution in [2.45, 2.75) is 42.4 Å². The van der Waals surface area contributed by atoms with Gasteiger partial charge < -0.3 is 5.11 Å². The second kappa shape index (κ2) is 5.63. The van der Waals surface area contributed by atoms with Crippen LogP contribution in [0.25, 0.3) is 0 Å². The van der Waals surface area contributed by atoms with Gasteiger partial charge in [-0.3, -0.25) is 4.79 Å². The van der Waals surface area contributed by atoms with E-state index in [0.717, 1.165) is 17.8 Å². The van der Waals surface area contributed by atoms with E-state index in [-0.39, 0.29) is 10.1 Å². The summed E-state index contributed by atoms with van der Waals surface area (Å²) in [6.45, 7) is 1.94. The molecule has 1 aromatic rings. The van der Waals surface area contributed by atoms with Crippen molar-refractivity contribution in [2.24, 2.45) is 5.92 Å². The number of aliphatic carboxylic acids is 1. The molecule has 8 heteroatoms. The number of rotatable bonds is 4. The standard InChI is InChI=1S/C12H16ClNO4S2/c1-8-3-2-6-12(7-8,11(15)16)14-20(17,18)10-5-4-9(13)19-10/h4-5,8,14H,2-3,6-7H2,1H3,(H,15,16). The van der Waals surface area contributed by atoms with Gasteiger partial charge in [0.15, 0.2) is 0 Å². The van der Waals surface area contributed by atoms with E-state index in [9.17, 15) is 18.3 Å². The molecule has 1 heterocycles. The van der Waals surface area contributed by atoms with E-state index in [0.29, 0.717) is 23.6 Å². The van der Waals surface area contributed by atoms with E-state index in [2.05, 4.69) is 4.72 Å². The van der Waals surface area contributed by atoms with Gasteiger partial charge in [0, 0.05) is 0 Å². The van der Waals surface area contributed by atoms with Gasteiger partial charge >= 0.3 is 5.97 Å². The Balaban J connectivity index is 2.31. The van der Waals surface area contributed by atoms with Crippen LogP contribution in [0.15, 0.2) is 16.3 Å². The van der Waals surface area contributed by atoms with Crippen molar-refractivity contribution >= 4 is 38.9 Å². The molecule has 2 N–H and O–H groups in total. The summed E-state index contributed by atoms with van der Waals surface area (Å²) < 4.78 is 27.4. The number of carbonyl (C=O) groups is 1. The van der Waals surface area contributed by atoms with Crippen LogP contribution in [0.1, 0.15) is 32.6 Å². The Hall–Kier alpha value is -0.630. The number of carboxylic acid groups (broad SMARTS) is 1. The number of sulfonamides is 1. The van der Waals surface area contributed by atoms with E-state index >= 15 is 0 Å². The minimum Gasteiger partial charge on any atom is -0.480 e. The number of carboxylic acids is 1. The van der Waals surface area contributed by atoms with Crippen LogP contribution < -0.4 is 4.72 Å². The van der Waals surface area contributed by atoms with Crippen LogP contribution in [0.2, 0.25) is 4.34 Å². The average molecular weight is 338 g/mol. The molecule has 1 fully saturated rings. The summed E-state index contributed by atoms with van der Waals surface area (Å²) in [6, 6.07) is 2.87. The number of thiophene rings is 1. The molecule has 0 amide bonds. The molecule has 20 heavy (non-hydrogen) atoms. The zero-order valence-corrected chi connectivity index (χ0v) is 13.3. The molecular formula is C12H16ClNO4S2. The Labute approximate surface area is 127 Å². The molecule has 2 rings (SSSR count). The molecule has 5 nitrogen and oxygen atoms in total. The first-order valence-corrected chi connectivity index (χ1v) is 8.96. The van der Waals surface area contributed by atoms with Crippen LogP contribution >= 0.6 is 22.9 Å². The average Bonchev–Trinajstić information content (AvgIpc) is 2.76. The van der Waals surface area contributed by atoms with Gasteiger partial charge in [0.05, 0.1) is 4.34 Å². The summed E-state index contributed by atoms with van der Waals surface area (Å²) in [6.07, 6.45) is 2.23. The normalized spacial score (nSPS) is 27.4. The van der Waals surface area contributed by atoms with E-state index in [1.54, 1.807) is 0 Å². The second-order valence-corrected chi connectivity index (χ2v) is 8.88. The highest BCUT2D eigenvalue weighted by atomic mass is 35.5. The molecule has 0 aromatic carbocycles. The lowest BCUT2D eigenvalue weighted by molar-refractivity contribution is -0.146. The highest BCUT2D eigenvalue weighted by Crippen LogP contribution is 2.35. The van der Waals surface area contributed by atoms with Gasteiger partial charge in [0.25, 0.3) is 10.0 Å². The van der Waals surface area contributed by atoms with Gasteiger partial charge in [-0.2, -0.15) is 4.72 Å². The first kappa shape index (κ1) is 15.8. The molecular weight excluding hydrogens is 322 g/mol. The maximum Gasteiger partial charge on any atom is 0.324 e. The van der Waals surface area contributed by atoms with Crippen LogP contribution in [0.5, 0.6) is 0 Å². The lowest BCUT2D eigenvalue weighted by Crippen LogP contribution is -2.56. The molecule has 112 valence electrons. The summed E-state index contributed by atoms with van der Waals surface area (Å²) in [5.74, 6) is -0.940. The van der Waals surface area contributed by atoms with E-state index < -0.39 is 21.5 Å². The third-order valence-electron chi connectivity index (χ3n) is 3.55. The number of hydrogen-bond acceptors (Lipinski definition) is 4. The molecule has 1 saturated carbocycles. The topological polar surface area (TPSA) is 83.5 Å². The lowest BCUT2D eigenvalue weighted by Gasteiger charge is -2.36. The van der Waals surface area contributed by atoms with Crippen LogP contribution in [0.4, 0.5) is 0 Å². The van der Waals surface area contributed by atoms with Crippen LogP contribution in [0.3, 0.4) is 0 Å². The quantitative estimate of drug-likeness (QED) is 0.884. The van der Waals surface area contributed by atoms with E-state index in [4.69, 9.17) is 11.6 Å². The van der Waals surface area contributed by atoms with Crippen molar-refractivity contribution in [3.05, 3.63) is 16.5 Å². The molecule has 0 radical (unpaired) electrons. The molecule has 0 bridgehead atoms. The molecule has 0 saturated heterocycles. The van der Waals surface area contributed by atoms with Crippen molar-refractivity contribution < 1.29 is 18.3 Å². The first-order chi connectivity index (χ1) is 9.25. The summed E-state index contributed by atoms with van der Waals surface area (Å²) in [4.78, 5) is 11.6. The fourth-order valence-electron chi connectivity index (χ4n) is 2.63. The minimum atomic E-state index is -3.86. The Kier molecular flexibility index (Phi) is 4.44. The van der Waals surface area contributed by atoms with Gasteiger partial charge in [-0.05, 0) is 30.9 Å². The third kappa shape index (κ3) is 3.16. The van der Waals surface area contributed by atoms with Crippen molar-refractivity contribution in [2.75, 3.05) is 0 Å². The predicted octanol–water partition coefficient (Wildman–Crippen LogP) is 2.71. The first-order valence-electron chi connectivity index (χ1n) is 6.28. The summed E-state index contributed by atoms with van der Waals surface area (Å²) >= 11 is 6.66. The van der Waals surface area contributed by atoms with Gasteiger partial charge in [-0.1, -0.05) is 31.4 Å². The fraction of sp³-hybridized carbons (Fsp3) is 0.583. The molecule has 2 unspecified atom stereocenters. The van der Waals surface area contributed by atoms with Crippen LogP contribution in [0, 0.1) is 5.92 Å². The molecule has 0 spiro atoms. The SMILES string of the molecule is CC1CCCC(NS(=O)(=O)c2ccc(Cl)s2)(C(=O)O)C1. The third-order valence-corrected chi connectivity index (χ3v) is 6.81. The molecule has 0 aliphatic heterocycles. The van der Waals surface area contributed by atoms with Gasteiger partial charge in [-0.15, -0.1) is 11.3 Å². The zero-order chi connectivity index (χ0) is 15.0. The summed E-state index contributed by atoms with van der Waals surface area (Å²) in [5.41, 5.74) is -1.41. The number of nitrogens with one attached hydrogen (secondary N) is 1. The Morgan fingerprint density at radius 1 is 1.55 bits per heavy atom. The Morgan fingerprint density at radius 3 is 2.75 bits per heavy atom. The zero-order valence-electron chi connectivity index (χ0n) is 10.9. The van der Waals surface area contributed by atoms with Gasteiger partial charge in [0.2, 0.25) is 0 Å². The summed E-state index contributed by atoms with van der Waals surface area (Å²) in [5, 5.41) is 9.47. The highest BCUT2D eigenvalue weighted by molar-refractivity contribution is 7.91. The maximum atomic E-state index is 12.3. The van der Waals surface area contributed by atoms with Gasteiger partial charge in [-0.25, -0.2) is 8.42 Å². The van der Waals surface area contributed by atoms with Crippen LogP contribution in [-0.4, -0.2) is 25.0 Å². The summed E-state index contributed by atoms with van der Waals surface area (Å²) in [7, 11) is -3.86. The van der Waals surface area contributed by atoms with E-state index in [1.165, 1.54) is 12.1 Å². The predicted molar refractivity (Wildman–Crippen MR) is 77.6 cm³/mol. The Bertz CT molecular complexity index is 613. The maximum absolute atomic E-state index is 12.3. The van der Waals surface area contributed by atoms with Crippen LogP contribution in [-0.2, 0) is 14.8 Å². The van der Waals surface area contributed by atoms with Crippen molar-refractivity contribution in [1.29, 1.82) is 0 Å². The van der Waals surface area contributed by atoms with E-state index in [1.807, 2.05) is 6.92 Å². The minimum absolute atomic E-state index is 0.0429. The fourth-order valence-corrected chi connectivity index (χ4v) is 5.51. The molecule has 1 aliphatic carbocycles. The molecule has 2 atom stereocenters. The molecule has 1 aliphatic rings. The number of hydrogen-bond donors (Lipinski definition) is 2. The lowest BCUT2D eigenvalue weighted by atomic mass is 9.77. The molecule has 1 aromatic heterocycles. The number of halogens is 1. The second-order valence-electron chi connectivity index (χ2n) is 5.25. The Morgan fingerprint density at radius 2 is 2.25 bits per heavy atom. The highest BCUT2D eigenvalue weighted by Gasteiger charge is 2.45. The van der Waals surface area contributed by atoms with Crippen molar-refractivity contribution in [3.8, 4) is 0 Å². The van der Waals surface area contributed by atoms with Crippen molar-refractivity contribution in [1.82, 2.24) is 4.72 Å². The van der Waals surface area contributed by atoms with Gasteiger partial charge in [0.1, 0.15) is 9.75 Å². The monoisotopic (exact) mass is 337 g/mol. The largest absolute Gasteiger partial charge is 0.480 e.